The first-order valence-corrected chi connectivity index (χ1v) is 6.88. The summed E-state index contributed by atoms with van der Waals surface area (Å²) in [6.45, 7) is 2.54. The van der Waals surface area contributed by atoms with Gasteiger partial charge in [0.1, 0.15) is 17.9 Å². The molecule has 3 rings (SSSR count). The molecule has 0 fully saturated rings. The highest BCUT2D eigenvalue weighted by Gasteiger charge is 2.10. The molecule has 1 heterocycles. The van der Waals surface area contributed by atoms with Gasteiger partial charge in [-0.25, -0.2) is 0 Å². The average molecular weight is 317 g/mol. The van der Waals surface area contributed by atoms with Crippen molar-refractivity contribution in [2.75, 3.05) is 0 Å². The molecule has 0 N–H and O–H groups in total. The van der Waals surface area contributed by atoms with Gasteiger partial charge in [0, 0.05) is 15.4 Å². The molecule has 0 saturated carbocycles. The summed E-state index contributed by atoms with van der Waals surface area (Å²) in [4.78, 5) is 0. The van der Waals surface area contributed by atoms with Crippen LogP contribution in [-0.4, -0.2) is 0 Å². The van der Waals surface area contributed by atoms with E-state index < -0.39 is 0 Å². The van der Waals surface area contributed by atoms with Gasteiger partial charge in [-0.05, 0) is 30.7 Å². The Kier molecular flexibility index (Phi) is 3.30. The van der Waals surface area contributed by atoms with Crippen molar-refractivity contribution in [1.29, 1.82) is 0 Å². The van der Waals surface area contributed by atoms with Gasteiger partial charge in [-0.15, -0.1) is 0 Å². The summed E-state index contributed by atoms with van der Waals surface area (Å²) < 4.78 is 12.4. The van der Waals surface area contributed by atoms with Crippen molar-refractivity contribution in [1.82, 2.24) is 0 Å². The number of hydrogen-bond acceptors (Lipinski definition) is 2. The van der Waals surface area contributed by atoms with Gasteiger partial charge in [-0.2, -0.15) is 0 Å². The molecule has 0 aliphatic rings. The number of ether oxygens (including phenoxy) is 1. The number of hydrogen-bond donors (Lipinski definition) is 0. The van der Waals surface area contributed by atoms with Gasteiger partial charge in [-0.1, -0.05) is 40.2 Å². The molecule has 1 aromatic heterocycles. The molecule has 3 aromatic rings. The number of aryl methyl sites for hydroxylation is 1. The number of furan rings is 1. The largest absolute Gasteiger partial charge is 0.488 e. The van der Waals surface area contributed by atoms with Crippen molar-refractivity contribution in [3.8, 4) is 5.75 Å². The second-order valence-corrected chi connectivity index (χ2v) is 5.28. The van der Waals surface area contributed by atoms with Gasteiger partial charge in [0.2, 0.25) is 0 Å². The van der Waals surface area contributed by atoms with E-state index in [1.165, 1.54) is 0 Å². The summed E-state index contributed by atoms with van der Waals surface area (Å²) in [5, 5.41) is 1.08. The van der Waals surface area contributed by atoms with Gasteiger partial charge >= 0.3 is 0 Å². The zero-order valence-corrected chi connectivity index (χ0v) is 12.1. The second kappa shape index (κ2) is 5.10. The zero-order chi connectivity index (χ0) is 13.2. The average Bonchev–Trinajstić information content (AvgIpc) is 2.83. The molecular weight excluding hydrogens is 304 g/mol. The van der Waals surface area contributed by atoms with Crippen LogP contribution in [0.3, 0.4) is 0 Å². The summed E-state index contributed by atoms with van der Waals surface area (Å²) >= 11 is 3.55. The predicted molar refractivity (Wildman–Crippen MR) is 79.4 cm³/mol. The maximum absolute atomic E-state index is 5.86. The molecular formula is C16H13BrO2. The molecule has 0 unspecified atom stereocenters. The third-order valence-corrected chi connectivity index (χ3v) is 3.76. The van der Waals surface area contributed by atoms with Crippen LogP contribution in [-0.2, 0) is 6.61 Å². The molecule has 0 radical (unpaired) electrons. The number of benzene rings is 2. The summed E-state index contributed by atoms with van der Waals surface area (Å²) in [5.41, 5.74) is 3.05. The minimum atomic E-state index is 0.500. The minimum Gasteiger partial charge on any atom is -0.488 e. The molecule has 0 atom stereocenters. The molecule has 0 aliphatic carbocycles. The van der Waals surface area contributed by atoms with Crippen LogP contribution in [0, 0.1) is 6.92 Å². The lowest BCUT2D eigenvalue weighted by molar-refractivity contribution is 0.304. The van der Waals surface area contributed by atoms with E-state index >= 15 is 0 Å². The summed E-state index contributed by atoms with van der Waals surface area (Å²) in [6.07, 6.45) is 1.76. The Hall–Kier alpha value is -1.74. The van der Waals surface area contributed by atoms with E-state index in [0.29, 0.717) is 6.61 Å². The molecule has 0 bridgehead atoms. The van der Waals surface area contributed by atoms with Gasteiger partial charge in [0.15, 0.2) is 0 Å². The fraction of sp³-hybridized carbons (Fsp3) is 0.125. The van der Waals surface area contributed by atoms with Crippen LogP contribution in [0.5, 0.6) is 5.75 Å². The Morgan fingerprint density at radius 3 is 2.79 bits per heavy atom. The van der Waals surface area contributed by atoms with E-state index in [1.54, 1.807) is 6.26 Å². The van der Waals surface area contributed by atoms with Crippen LogP contribution < -0.4 is 4.74 Å². The first-order chi connectivity index (χ1) is 9.25. The quantitative estimate of drug-likeness (QED) is 0.672. The lowest BCUT2D eigenvalue weighted by atomic mass is 10.2. The Labute approximate surface area is 120 Å². The number of halogens is 1. The lowest BCUT2D eigenvalue weighted by Crippen LogP contribution is -1.96. The van der Waals surface area contributed by atoms with Crippen molar-refractivity contribution in [3.05, 3.63) is 64.3 Å². The van der Waals surface area contributed by atoms with Gasteiger partial charge in [0.25, 0.3) is 0 Å². The van der Waals surface area contributed by atoms with Gasteiger partial charge < -0.3 is 9.15 Å². The lowest BCUT2D eigenvalue weighted by Gasteiger charge is -2.07. The van der Waals surface area contributed by atoms with E-state index in [2.05, 4.69) is 15.9 Å². The van der Waals surface area contributed by atoms with Crippen molar-refractivity contribution in [3.63, 3.8) is 0 Å². The van der Waals surface area contributed by atoms with Crippen LogP contribution in [0.25, 0.3) is 11.0 Å². The molecule has 0 spiro atoms. The van der Waals surface area contributed by atoms with Crippen LogP contribution in [0.2, 0.25) is 0 Å². The van der Waals surface area contributed by atoms with E-state index in [9.17, 15) is 0 Å². The zero-order valence-electron chi connectivity index (χ0n) is 10.5. The number of para-hydroxylation sites is 1. The highest BCUT2D eigenvalue weighted by Crippen LogP contribution is 2.30. The Balaban J connectivity index is 1.89. The molecule has 3 heteroatoms. The third kappa shape index (κ3) is 2.38. The van der Waals surface area contributed by atoms with Crippen molar-refractivity contribution in [2.24, 2.45) is 0 Å². The molecule has 96 valence electrons. The summed E-state index contributed by atoms with van der Waals surface area (Å²) in [6, 6.07) is 13.9. The van der Waals surface area contributed by atoms with E-state index in [-0.39, 0.29) is 0 Å². The third-order valence-electron chi connectivity index (χ3n) is 3.10. The first-order valence-electron chi connectivity index (χ1n) is 6.09. The summed E-state index contributed by atoms with van der Waals surface area (Å²) in [7, 11) is 0. The normalized spacial score (nSPS) is 10.8. The maximum Gasteiger partial charge on any atom is 0.135 e. The monoisotopic (exact) mass is 316 g/mol. The molecule has 0 amide bonds. The van der Waals surface area contributed by atoms with E-state index in [4.69, 9.17) is 9.15 Å². The molecule has 2 nitrogen and oxygen atoms in total. The Morgan fingerprint density at radius 1 is 1.11 bits per heavy atom. The van der Waals surface area contributed by atoms with E-state index in [1.807, 2.05) is 49.4 Å². The van der Waals surface area contributed by atoms with Crippen molar-refractivity contribution >= 4 is 26.9 Å². The van der Waals surface area contributed by atoms with Crippen LogP contribution in [0.4, 0.5) is 0 Å². The van der Waals surface area contributed by atoms with Crippen LogP contribution in [0.1, 0.15) is 11.1 Å². The van der Waals surface area contributed by atoms with Crippen molar-refractivity contribution in [2.45, 2.75) is 13.5 Å². The fourth-order valence-electron chi connectivity index (χ4n) is 2.09. The molecule has 19 heavy (non-hydrogen) atoms. The molecule has 2 aromatic carbocycles. The Bertz CT molecular complexity index is 716. The standard InChI is InChI=1S/C16H13BrO2/c1-11-5-2-3-7-14(11)18-9-12-10-19-15-8-4-6-13(17)16(12)15/h2-8,10H,9H2,1H3. The number of rotatable bonds is 3. The number of fused-ring (bicyclic) bond motifs is 1. The highest BCUT2D eigenvalue weighted by atomic mass is 79.9. The van der Waals surface area contributed by atoms with Gasteiger partial charge in [-0.3, -0.25) is 0 Å². The van der Waals surface area contributed by atoms with E-state index in [0.717, 1.165) is 32.3 Å². The first kappa shape index (κ1) is 12.3. The van der Waals surface area contributed by atoms with Crippen LogP contribution in [0.15, 0.2) is 57.6 Å². The highest BCUT2D eigenvalue weighted by molar-refractivity contribution is 9.10. The minimum absolute atomic E-state index is 0.500. The topological polar surface area (TPSA) is 22.4 Å². The van der Waals surface area contributed by atoms with Gasteiger partial charge in [0.05, 0.1) is 6.26 Å². The smallest absolute Gasteiger partial charge is 0.135 e. The van der Waals surface area contributed by atoms with Crippen molar-refractivity contribution < 1.29 is 9.15 Å². The maximum atomic E-state index is 5.86. The molecule has 0 aliphatic heterocycles. The fourth-order valence-corrected chi connectivity index (χ4v) is 2.69. The van der Waals surface area contributed by atoms with Crippen LogP contribution >= 0.6 is 15.9 Å². The Morgan fingerprint density at radius 2 is 1.95 bits per heavy atom. The molecule has 0 saturated heterocycles. The predicted octanol–water partition coefficient (Wildman–Crippen LogP) is 5.08. The second-order valence-electron chi connectivity index (χ2n) is 4.43. The SMILES string of the molecule is Cc1ccccc1OCc1coc2cccc(Br)c12. The summed E-state index contributed by atoms with van der Waals surface area (Å²) in [5.74, 6) is 0.906.